The van der Waals surface area contributed by atoms with Crippen LogP contribution in [0.5, 0.6) is 5.75 Å². The zero-order valence-corrected chi connectivity index (χ0v) is 15.5. The molecule has 3 aromatic rings. The van der Waals surface area contributed by atoms with Crippen molar-refractivity contribution in [1.29, 1.82) is 0 Å². The molecular weight excluding hydrogens is 342 g/mol. The lowest BCUT2D eigenvalue weighted by atomic mass is 9.96. The van der Waals surface area contributed by atoms with Gasteiger partial charge in [0, 0.05) is 0 Å². The SMILES string of the molecule is CCOc1ccc(-n2nnnc2CNC(=O)[C@H](CC)c2ccccc2)cc1. The molecule has 140 valence electrons. The van der Waals surface area contributed by atoms with Crippen LogP contribution in [0, 0.1) is 0 Å². The molecule has 1 N–H and O–H groups in total. The molecular formula is C20H23N5O2. The van der Waals surface area contributed by atoms with E-state index >= 15 is 0 Å². The highest BCUT2D eigenvalue weighted by Gasteiger charge is 2.19. The molecule has 1 amide bonds. The Labute approximate surface area is 158 Å². The highest BCUT2D eigenvalue weighted by molar-refractivity contribution is 5.83. The molecule has 3 rings (SSSR count). The Balaban J connectivity index is 1.68. The summed E-state index contributed by atoms with van der Waals surface area (Å²) in [6.07, 6.45) is 0.722. The minimum Gasteiger partial charge on any atom is -0.494 e. The number of nitrogens with zero attached hydrogens (tertiary/aromatic N) is 4. The van der Waals surface area contributed by atoms with Gasteiger partial charge in [-0.2, -0.15) is 4.68 Å². The molecule has 0 aliphatic carbocycles. The van der Waals surface area contributed by atoms with Gasteiger partial charge in [-0.05, 0) is 53.6 Å². The zero-order chi connectivity index (χ0) is 19.1. The number of carbonyl (C=O) groups is 1. The molecule has 0 aliphatic heterocycles. The van der Waals surface area contributed by atoms with Gasteiger partial charge in [-0.3, -0.25) is 4.79 Å². The third-order valence-electron chi connectivity index (χ3n) is 4.27. The molecule has 0 saturated heterocycles. The van der Waals surface area contributed by atoms with Crippen LogP contribution in [0.15, 0.2) is 54.6 Å². The molecule has 1 atom stereocenters. The molecule has 7 nitrogen and oxygen atoms in total. The molecule has 1 aromatic heterocycles. The van der Waals surface area contributed by atoms with E-state index in [0.717, 1.165) is 23.4 Å². The predicted octanol–water partition coefficient (Wildman–Crippen LogP) is 2.87. The third-order valence-corrected chi connectivity index (χ3v) is 4.27. The monoisotopic (exact) mass is 365 g/mol. The lowest BCUT2D eigenvalue weighted by Crippen LogP contribution is -2.29. The second-order valence-electron chi connectivity index (χ2n) is 6.02. The van der Waals surface area contributed by atoms with Crippen LogP contribution in [0.3, 0.4) is 0 Å². The van der Waals surface area contributed by atoms with Crippen molar-refractivity contribution >= 4 is 5.91 Å². The standard InChI is InChI=1S/C20H23N5O2/c1-3-18(15-8-6-5-7-9-15)20(26)21-14-19-22-23-24-25(19)16-10-12-17(13-11-16)27-4-2/h5-13,18H,3-4,14H2,1-2H3,(H,21,26)/t18-/m1/s1. The van der Waals surface area contributed by atoms with Crippen LogP contribution in [0.4, 0.5) is 0 Å². The number of carbonyl (C=O) groups excluding carboxylic acids is 1. The van der Waals surface area contributed by atoms with Gasteiger partial charge in [-0.1, -0.05) is 37.3 Å². The molecule has 7 heteroatoms. The van der Waals surface area contributed by atoms with Crippen molar-refractivity contribution in [2.45, 2.75) is 32.7 Å². The quantitative estimate of drug-likeness (QED) is 0.664. The lowest BCUT2D eigenvalue weighted by molar-refractivity contribution is -0.122. The Hall–Kier alpha value is -3.22. The predicted molar refractivity (Wildman–Crippen MR) is 102 cm³/mol. The van der Waals surface area contributed by atoms with Crippen LogP contribution in [-0.4, -0.2) is 32.7 Å². The van der Waals surface area contributed by atoms with Crippen molar-refractivity contribution in [3.8, 4) is 11.4 Å². The first-order valence-electron chi connectivity index (χ1n) is 9.06. The molecule has 0 aliphatic rings. The maximum Gasteiger partial charge on any atom is 0.227 e. The summed E-state index contributed by atoms with van der Waals surface area (Å²) >= 11 is 0. The molecule has 0 bridgehead atoms. The molecule has 0 unspecified atom stereocenters. The number of rotatable bonds is 8. The fourth-order valence-corrected chi connectivity index (χ4v) is 2.91. The van der Waals surface area contributed by atoms with E-state index in [1.807, 2.05) is 68.4 Å². The highest BCUT2D eigenvalue weighted by Crippen LogP contribution is 2.19. The number of nitrogens with one attached hydrogen (secondary N) is 1. The Kier molecular flexibility index (Phi) is 6.14. The Morgan fingerprint density at radius 2 is 1.85 bits per heavy atom. The maximum absolute atomic E-state index is 12.6. The summed E-state index contributed by atoms with van der Waals surface area (Å²) in [5, 5.41) is 14.8. The van der Waals surface area contributed by atoms with Gasteiger partial charge in [0.25, 0.3) is 0 Å². The summed E-state index contributed by atoms with van der Waals surface area (Å²) in [6, 6.07) is 17.3. The first kappa shape index (κ1) is 18.6. The van der Waals surface area contributed by atoms with Gasteiger partial charge in [-0.25, -0.2) is 0 Å². The van der Waals surface area contributed by atoms with E-state index < -0.39 is 0 Å². The van der Waals surface area contributed by atoms with E-state index in [4.69, 9.17) is 4.74 Å². The van der Waals surface area contributed by atoms with Crippen molar-refractivity contribution in [1.82, 2.24) is 25.5 Å². The van der Waals surface area contributed by atoms with Gasteiger partial charge < -0.3 is 10.1 Å². The molecule has 0 radical (unpaired) electrons. The molecule has 0 spiro atoms. The average molecular weight is 365 g/mol. The number of benzene rings is 2. The Morgan fingerprint density at radius 3 is 2.52 bits per heavy atom. The number of tetrazole rings is 1. The van der Waals surface area contributed by atoms with Gasteiger partial charge in [0.2, 0.25) is 5.91 Å². The van der Waals surface area contributed by atoms with E-state index in [-0.39, 0.29) is 18.4 Å². The van der Waals surface area contributed by atoms with Crippen LogP contribution in [0.1, 0.15) is 37.6 Å². The lowest BCUT2D eigenvalue weighted by Gasteiger charge is -2.15. The summed E-state index contributed by atoms with van der Waals surface area (Å²) < 4.78 is 7.06. The van der Waals surface area contributed by atoms with Crippen molar-refractivity contribution in [2.24, 2.45) is 0 Å². The first-order valence-corrected chi connectivity index (χ1v) is 9.06. The highest BCUT2D eigenvalue weighted by atomic mass is 16.5. The van der Waals surface area contributed by atoms with Gasteiger partial charge in [0.15, 0.2) is 5.82 Å². The number of hydrogen-bond donors (Lipinski definition) is 1. The van der Waals surface area contributed by atoms with Gasteiger partial charge >= 0.3 is 0 Å². The molecule has 2 aromatic carbocycles. The van der Waals surface area contributed by atoms with Crippen molar-refractivity contribution < 1.29 is 9.53 Å². The summed E-state index contributed by atoms with van der Waals surface area (Å²) in [6.45, 7) is 4.81. The minimum absolute atomic E-state index is 0.0371. The molecule has 27 heavy (non-hydrogen) atoms. The van der Waals surface area contributed by atoms with Crippen LogP contribution < -0.4 is 10.1 Å². The van der Waals surface area contributed by atoms with Gasteiger partial charge in [-0.15, -0.1) is 5.10 Å². The molecule has 0 saturated carbocycles. The molecule has 1 heterocycles. The largest absolute Gasteiger partial charge is 0.494 e. The average Bonchev–Trinajstić information content (AvgIpc) is 3.17. The van der Waals surface area contributed by atoms with E-state index in [1.165, 1.54) is 0 Å². The Morgan fingerprint density at radius 1 is 1.11 bits per heavy atom. The molecule has 0 fully saturated rings. The number of amides is 1. The van der Waals surface area contributed by atoms with E-state index in [2.05, 4.69) is 20.8 Å². The fraction of sp³-hybridized carbons (Fsp3) is 0.300. The van der Waals surface area contributed by atoms with E-state index in [9.17, 15) is 4.79 Å². The maximum atomic E-state index is 12.6. The number of aromatic nitrogens is 4. The summed E-state index contributed by atoms with van der Waals surface area (Å²) in [4.78, 5) is 12.6. The van der Waals surface area contributed by atoms with E-state index in [0.29, 0.717) is 12.4 Å². The van der Waals surface area contributed by atoms with Crippen LogP contribution in [0.25, 0.3) is 5.69 Å². The number of ether oxygens (including phenoxy) is 1. The topological polar surface area (TPSA) is 81.9 Å². The zero-order valence-electron chi connectivity index (χ0n) is 15.5. The second-order valence-corrected chi connectivity index (χ2v) is 6.02. The van der Waals surface area contributed by atoms with Gasteiger partial charge in [0.1, 0.15) is 5.75 Å². The van der Waals surface area contributed by atoms with Gasteiger partial charge in [0.05, 0.1) is 24.8 Å². The van der Waals surface area contributed by atoms with Crippen molar-refractivity contribution in [3.63, 3.8) is 0 Å². The summed E-state index contributed by atoms with van der Waals surface area (Å²) in [7, 11) is 0. The summed E-state index contributed by atoms with van der Waals surface area (Å²) in [5.41, 5.74) is 1.81. The second kappa shape index (κ2) is 8.93. The minimum atomic E-state index is -0.194. The van der Waals surface area contributed by atoms with Crippen molar-refractivity contribution in [3.05, 3.63) is 66.0 Å². The smallest absolute Gasteiger partial charge is 0.227 e. The Bertz CT molecular complexity index is 862. The summed E-state index contributed by atoms with van der Waals surface area (Å²) in [5.74, 6) is 1.12. The normalized spacial score (nSPS) is 11.8. The first-order chi connectivity index (χ1) is 13.2. The van der Waals surface area contributed by atoms with Crippen molar-refractivity contribution in [2.75, 3.05) is 6.61 Å². The van der Waals surface area contributed by atoms with Crippen LogP contribution >= 0.6 is 0 Å². The number of hydrogen-bond acceptors (Lipinski definition) is 5. The van der Waals surface area contributed by atoms with Crippen LogP contribution in [-0.2, 0) is 11.3 Å². The van der Waals surface area contributed by atoms with E-state index in [1.54, 1.807) is 4.68 Å². The third kappa shape index (κ3) is 4.49. The fourth-order valence-electron chi connectivity index (χ4n) is 2.91. The van der Waals surface area contributed by atoms with Crippen LogP contribution in [0.2, 0.25) is 0 Å².